The molecule has 22 heavy (non-hydrogen) atoms. The van der Waals surface area contributed by atoms with Crippen LogP contribution in [0.4, 0.5) is 18.9 Å². The Hall–Kier alpha value is -2.08. The van der Waals surface area contributed by atoms with Crippen LogP contribution in [-0.2, 0) is 6.18 Å². The molecule has 0 aliphatic carbocycles. The van der Waals surface area contributed by atoms with Crippen LogP contribution in [0.25, 0.3) is 0 Å². The quantitative estimate of drug-likeness (QED) is 0.586. The fourth-order valence-electron chi connectivity index (χ4n) is 1.68. The minimum atomic E-state index is -4.36. The van der Waals surface area contributed by atoms with Crippen molar-refractivity contribution in [3.63, 3.8) is 0 Å². The molecule has 0 bridgehead atoms. The van der Waals surface area contributed by atoms with Crippen molar-refractivity contribution in [3.8, 4) is 0 Å². The molecule has 2 aromatic carbocycles. The number of carbonyl (C=O) groups excluding carboxylic acids is 1. The third-order valence-corrected chi connectivity index (χ3v) is 3.35. The Morgan fingerprint density at radius 3 is 2.14 bits per heavy atom. The normalized spacial score (nSPS) is 11.6. The van der Waals surface area contributed by atoms with E-state index in [1.807, 2.05) is 0 Å². The van der Waals surface area contributed by atoms with Crippen LogP contribution in [0.15, 0.2) is 65.3 Å². The highest BCUT2D eigenvalue weighted by atomic mass is 79.9. The molecule has 0 heterocycles. The summed E-state index contributed by atoms with van der Waals surface area (Å²) in [6.07, 6.45) is -1.64. The van der Waals surface area contributed by atoms with Gasteiger partial charge in [0.1, 0.15) is 0 Å². The second-order valence-electron chi connectivity index (χ2n) is 4.42. The number of anilines is 1. The van der Waals surface area contributed by atoms with Crippen molar-refractivity contribution in [1.29, 1.82) is 0 Å². The van der Waals surface area contributed by atoms with Gasteiger partial charge < -0.3 is 5.32 Å². The number of ketones is 1. The Kier molecular flexibility index (Phi) is 5.03. The molecule has 2 aromatic rings. The topological polar surface area (TPSA) is 29.1 Å². The summed E-state index contributed by atoms with van der Waals surface area (Å²) < 4.78 is 38.1. The number of halogens is 4. The molecule has 0 atom stereocenters. The largest absolute Gasteiger partial charge is 0.416 e. The van der Waals surface area contributed by atoms with Gasteiger partial charge in [-0.2, -0.15) is 13.2 Å². The number of carbonyl (C=O) groups is 1. The highest BCUT2D eigenvalue weighted by molar-refractivity contribution is 9.10. The Balaban J connectivity index is 1.97. The number of allylic oxidation sites excluding steroid dienone is 1. The minimum Gasteiger partial charge on any atom is -0.362 e. The lowest BCUT2D eigenvalue weighted by molar-refractivity contribution is -0.137. The lowest BCUT2D eigenvalue weighted by Gasteiger charge is -2.07. The van der Waals surface area contributed by atoms with Gasteiger partial charge in [0.05, 0.1) is 5.56 Å². The smallest absolute Gasteiger partial charge is 0.362 e. The Morgan fingerprint density at radius 2 is 1.59 bits per heavy atom. The molecular weight excluding hydrogens is 359 g/mol. The molecule has 0 saturated heterocycles. The Morgan fingerprint density at radius 1 is 1.00 bits per heavy atom. The van der Waals surface area contributed by atoms with E-state index in [4.69, 9.17) is 0 Å². The molecule has 0 amide bonds. The summed E-state index contributed by atoms with van der Waals surface area (Å²) in [5.74, 6) is -0.202. The fraction of sp³-hybridized carbons (Fsp3) is 0.0625. The average molecular weight is 370 g/mol. The summed E-state index contributed by atoms with van der Waals surface area (Å²) in [6.45, 7) is 0. The molecule has 1 N–H and O–H groups in total. The summed E-state index contributed by atoms with van der Waals surface area (Å²) in [4.78, 5) is 11.8. The van der Waals surface area contributed by atoms with Crippen molar-refractivity contribution in [2.24, 2.45) is 0 Å². The van der Waals surface area contributed by atoms with Gasteiger partial charge in [0, 0.05) is 28.0 Å². The van der Waals surface area contributed by atoms with E-state index in [0.717, 1.165) is 16.6 Å². The van der Waals surface area contributed by atoms with Crippen LogP contribution in [0.1, 0.15) is 15.9 Å². The standard InChI is InChI=1S/C16H11BrF3NO/c17-13-5-1-11(2-6-13)15(22)9-10-21-14-7-3-12(4-8-14)16(18,19)20/h1-10,21H. The molecule has 0 aliphatic heterocycles. The van der Waals surface area contributed by atoms with Crippen molar-refractivity contribution >= 4 is 27.4 Å². The predicted molar refractivity (Wildman–Crippen MR) is 82.7 cm³/mol. The van der Waals surface area contributed by atoms with E-state index in [1.165, 1.54) is 24.4 Å². The zero-order valence-corrected chi connectivity index (χ0v) is 12.8. The highest BCUT2D eigenvalue weighted by Crippen LogP contribution is 2.29. The van der Waals surface area contributed by atoms with Crippen LogP contribution in [-0.4, -0.2) is 5.78 Å². The van der Waals surface area contributed by atoms with Gasteiger partial charge in [0.25, 0.3) is 0 Å². The van der Waals surface area contributed by atoms with E-state index in [1.54, 1.807) is 24.3 Å². The SMILES string of the molecule is O=C(C=CNc1ccc(C(F)(F)F)cc1)c1ccc(Br)cc1. The number of alkyl halides is 3. The molecule has 6 heteroatoms. The van der Waals surface area contributed by atoms with E-state index >= 15 is 0 Å². The van der Waals surface area contributed by atoms with E-state index in [9.17, 15) is 18.0 Å². The van der Waals surface area contributed by atoms with Crippen LogP contribution in [0, 0.1) is 0 Å². The second kappa shape index (κ2) is 6.79. The van der Waals surface area contributed by atoms with Crippen molar-refractivity contribution in [2.75, 3.05) is 5.32 Å². The highest BCUT2D eigenvalue weighted by Gasteiger charge is 2.29. The molecule has 0 unspecified atom stereocenters. The molecule has 2 nitrogen and oxygen atoms in total. The van der Waals surface area contributed by atoms with Gasteiger partial charge in [-0.15, -0.1) is 0 Å². The van der Waals surface area contributed by atoms with Gasteiger partial charge in [-0.1, -0.05) is 15.9 Å². The van der Waals surface area contributed by atoms with Gasteiger partial charge in [-0.05, 0) is 48.5 Å². The van der Waals surface area contributed by atoms with Crippen LogP contribution >= 0.6 is 15.9 Å². The first-order valence-electron chi connectivity index (χ1n) is 6.26. The van der Waals surface area contributed by atoms with Crippen molar-refractivity contribution in [2.45, 2.75) is 6.18 Å². The lowest BCUT2D eigenvalue weighted by atomic mass is 10.1. The predicted octanol–water partition coefficient (Wildman–Crippen LogP) is 5.28. The summed E-state index contributed by atoms with van der Waals surface area (Å²) in [6, 6.07) is 11.4. The van der Waals surface area contributed by atoms with Gasteiger partial charge in [-0.25, -0.2) is 0 Å². The van der Waals surface area contributed by atoms with E-state index < -0.39 is 11.7 Å². The Labute approximate surface area is 133 Å². The zero-order valence-electron chi connectivity index (χ0n) is 11.2. The molecule has 0 fully saturated rings. The number of benzene rings is 2. The molecular formula is C16H11BrF3NO. The maximum absolute atomic E-state index is 12.4. The molecule has 114 valence electrons. The number of rotatable bonds is 4. The van der Waals surface area contributed by atoms with Crippen molar-refractivity contribution < 1.29 is 18.0 Å². The Bertz CT molecular complexity index is 676. The molecule has 0 aliphatic rings. The van der Waals surface area contributed by atoms with Gasteiger partial charge in [0.15, 0.2) is 5.78 Å². The summed E-state index contributed by atoms with van der Waals surface area (Å²) in [7, 11) is 0. The molecule has 2 rings (SSSR count). The maximum atomic E-state index is 12.4. The number of hydrogen-bond acceptors (Lipinski definition) is 2. The fourth-order valence-corrected chi connectivity index (χ4v) is 1.94. The van der Waals surface area contributed by atoms with Gasteiger partial charge in [0.2, 0.25) is 0 Å². The van der Waals surface area contributed by atoms with Crippen LogP contribution < -0.4 is 5.32 Å². The van der Waals surface area contributed by atoms with Crippen LogP contribution in [0.5, 0.6) is 0 Å². The average Bonchev–Trinajstić information content (AvgIpc) is 2.47. The number of hydrogen-bond donors (Lipinski definition) is 1. The monoisotopic (exact) mass is 369 g/mol. The minimum absolute atomic E-state index is 0.202. The molecule has 0 saturated carbocycles. The molecule has 0 spiro atoms. The van der Waals surface area contributed by atoms with E-state index in [0.29, 0.717) is 11.3 Å². The summed E-state index contributed by atoms with van der Waals surface area (Å²) in [5, 5.41) is 2.76. The first-order chi connectivity index (χ1) is 10.4. The van der Waals surface area contributed by atoms with E-state index in [-0.39, 0.29) is 5.78 Å². The third-order valence-electron chi connectivity index (χ3n) is 2.83. The van der Waals surface area contributed by atoms with Gasteiger partial charge in [-0.3, -0.25) is 4.79 Å². The van der Waals surface area contributed by atoms with E-state index in [2.05, 4.69) is 21.2 Å². The summed E-state index contributed by atoms with van der Waals surface area (Å²) >= 11 is 3.28. The van der Waals surface area contributed by atoms with Crippen molar-refractivity contribution in [3.05, 3.63) is 76.4 Å². The van der Waals surface area contributed by atoms with Gasteiger partial charge >= 0.3 is 6.18 Å². The first-order valence-corrected chi connectivity index (χ1v) is 7.06. The second-order valence-corrected chi connectivity index (χ2v) is 5.34. The first kappa shape index (κ1) is 16.3. The molecule has 0 aromatic heterocycles. The van der Waals surface area contributed by atoms with Crippen LogP contribution in [0.2, 0.25) is 0 Å². The van der Waals surface area contributed by atoms with Crippen molar-refractivity contribution in [1.82, 2.24) is 0 Å². The zero-order chi connectivity index (χ0) is 16.2. The maximum Gasteiger partial charge on any atom is 0.416 e. The third kappa shape index (κ3) is 4.46. The van der Waals surface area contributed by atoms with Crippen LogP contribution in [0.3, 0.4) is 0 Å². The molecule has 0 radical (unpaired) electrons. The summed E-state index contributed by atoms with van der Waals surface area (Å²) in [5.41, 5.74) is 0.273. The number of nitrogens with one attached hydrogen (secondary N) is 1. The lowest BCUT2D eigenvalue weighted by Crippen LogP contribution is -2.04.